The van der Waals surface area contributed by atoms with Gasteiger partial charge in [-0.05, 0) is 0 Å². The second-order valence-corrected chi connectivity index (χ2v) is 5.72. The van der Waals surface area contributed by atoms with Crippen molar-refractivity contribution in [3.63, 3.8) is 0 Å². The normalized spacial score (nSPS) is 24.3. The van der Waals surface area contributed by atoms with Crippen molar-refractivity contribution in [2.45, 2.75) is 6.04 Å². The molecular formula is C14H23N4Ti. The van der Waals surface area contributed by atoms with E-state index in [0.29, 0.717) is 6.04 Å². The van der Waals surface area contributed by atoms with Crippen molar-refractivity contribution in [2.24, 2.45) is 0 Å². The number of hydrogen-bond donors (Lipinski definition) is 3. The molecule has 1 unspecified atom stereocenters. The Hall–Kier alpha value is -0.226. The Morgan fingerprint density at radius 1 is 0.895 bits per heavy atom. The van der Waals surface area contributed by atoms with Crippen LogP contribution in [0.5, 0.6) is 0 Å². The zero-order valence-corrected chi connectivity index (χ0v) is 12.9. The van der Waals surface area contributed by atoms with E-state index in [4.69, 9.17) is 0 Å². The van der Waals surface area contributed by atoms with Gasteiger partial charge >= 0.3 is 128 Å². The fourth-order valence-corrected chi connectivity index (χ4v) is 2.83. The van der Waals surface area contributed by atoms with Gasteiger partial charge in [-0.3, -0.25) is 0 Å². The van der Waals surface area contributed by atoms with Crippen LogP contribution in [0.15, 0.2) is 30.3 Å². The van der Waals surface area contributed by atoms with Crippen molar-refractivity contribution >= 4 is 0 Å². The van der Waals surface area contributed by atoms with Crippen molar-refractivity contribution < 1.29 is 20.7 Å². The minimum absolute atomic E-state index is 0.447. The van der Waals surface area contributed by atoms with E-state index in [9.17, 15) is 0 Å². The Balaban J connectivity index is 1.99. The Morgan fingerprint density at radius 2 is 1.53 bits per heavy atom. The van der Waals surface area contributed by atoms with Crippen molar-refractivity contribution in [3.05, 3.63) is 35.9 Å². The second-order valence-electron chi connectivity index (χ2n) is 4.82. The molecule has 4 nitrogen and oxygen atoms in total. The topological polar surface area (TPSA) is 39.3 Å². The van der Waals surface area contributed by atoms with E-state index in [0.717, 1.165) is 45.8 Å². The summed E-state index contributed by atoms with van der Waals surface area (Å²) in [7, 11) is 0. The zero-order chi connectivity index (χ0) is 13.3. The van der Waals surface area contributed by atoms with Gasteiger partial charge in [0.15, 0.2) is 0 Å². The molecule has 0 aromatic heterocycles. The standard InChI is InChI=1S/C14H23N4.Ti/c1-2-4-13(5-3-1)14-12-17-9-8-15-6-7-16-10-11-18-14;/h1-5,14-17H,6-12H2;/q-1;+1. The molecule has 0 radical (unpaired) electrons. The summed E-state index contributed by atoms with van der Waals surface area (Å²) >= 11 is 2.21. The van der Waals surface area contributed by atoms with E-state index in [2.05, 4.69) is 70.4 Å². The van der Waals surface area contributed by atoms with Crippen LogP contribution in [0.4, 0.5) is 0 Å². The van der Waals surface area contributed by atoms with Crippen LogP contribution in [-0.4, -0.2) is 49.2 Å². The summed E-state index contributed by atoms with van der Waals surface area (Å²) in [6.07, 6.45) is 0. The summed E-state index contributed by atoms with van der Waals surface area (Å²) in [5.41, 5.74) is 1.39. The van der Waals surface area contributed by atoms with E-state index < -0.39 is 0 Å². The van der Waals surface area contributed by atoms with Gasteiger partial charge in [0.05, 0.1) is 0 Å². The van der Waals surface area contributed by atoms with Gasteiger partial charge in [0.25, 0.3) is 0 Å². The van der Waals surface area contributed by atoms with Gasteiger partial charge in [0.2, 0.25) is 0 Å². The molecule has 0 bridgehead atoms. The van der Waals surface area contributed by atoms with Crippen LogP contribution in [0.25, 0.3) is 0 Å². The fourth-order valence-electron chi connectivity index (χ4n) is 2.28. The summed E-state index contributed by atoms with van der Waals surface area (Å²) in [6.45, 7) is 7.27. The van der Waals surface area contributed by atoms with Gasteiger partial charge in [-0.15, -0.1) is 0 Å². The third-order valence-electron chi connectivity index (χ3n) is 3.38. The summed E-state index contributed by atoms with van der Waals surface area (Å²) in [4.78, 5) is 0. The molecule has 0 aliphatic carbocycles. The fraction of sp³-hybridized carbons (Fsp3) is 0.571. The molecule has 1 heterocycles. The third kappa shape index (κ3) is 5.34. The Morgan fingerprint density at radius 3 is 2.26 bits per heavy atom. The molecule has 1 aliphatic heterocycles. The van der Waals surface area contributed by atoms with Crippen LogP contribution >= 0.6 is 0 Å². The first-order valence-corrected chi connectivity index (χ1v) is 7.73. The van der Waals surface area contributed by atoms with E-state index in [1.54, 1.807) is 0 Å². The van der Waals surface area contributed by atoms with Crippen molar-refractivity contribution in [1.82, 2.24) is 19.3 Å². The van der Waals surface area contributed by atoms with Gasteiger partial charge in [0, 0.05) is 0 Å². The van der Waals surface area contributed by atoms with Gasteiger partial charge in [-0.2, -0.15) is 0 Å². The third-order valence-corrected chi connectivity index (χ3v) is 4.22. The maximum absolute atomic E-state index is 3.56. The molecular weight excluding hydrogens is 272 g/mol. The van der Waals surface area contributed by atoms with E-state index in [1.165, 1.54) is 5.56 Å². The Bertz CT molecular complexity index is 347. The molecule has 1 aliphatic rings. The second kappa shape index (κ2) is 8.85. The van der Waals surface area contributed by atoms with Crippen LogP contribution in [0, 0.1) is 0 Å². The van der Waals surface area contributed by atoms with Crippen molar-refractivity contribution in [3.8, 4) is 0 Å². The molecule has 1 aromatic carbocycles. The average molecular weight is 295 g/mol. The maximum atomic E-state index is 3.56. The quantitative estimate of drug-likeness (QED) is 0.651. The van der Waals surface area contributed by atoms with E-state index in [1.807, 2.05) is 0 Å². The van der Waals surface area contributed by atoms with Crippen LogP contribution in [0.1, 0.15) is 11.6 Å². The molecule has 1 saturated heterocycles. The van der Waals surface area contributed by atoms with Gasteiger partial charge in [-0.25, -0.2) is 0 Å². The molecule has 1 atom stereocenters. The summed E-state index contributed by atoms with van der Waals surface area (Å²) in [5, 5.41) is 10.5. The summed E-state index contributed by atoms with van der Waals surface area (Å²) in [5.74, 6) is 0. The molecule has 0 amide bonds. The predicted octanol–water partition coefficient (Wildman–Crippen LogP) is 0.274. The van der Waals surface area contributed by atoms with Gasteiger partial charge in [-0.1, -0.05) is 0 Å². The molecule has 103 valence electrons. The van der Waals surface area contributed by atoms with Crippen LogP contribution in [0.2, 0.25) is 0 Å². The predicted molar refractivity (Wildman–Crippen MR) is 74.5 cm³/mol. The molecule has 19 heavy (non-hydrogen) atoms. The van der Waals surface area contributed by atoms with Crippen LogP contribution < -0.4 is 16.0 Å². The van der Waals surface area contributed by atoms with Crippen LogP contribution in [-0.2, 0) is 20.7 Å². The number of hydrogen-bond acceptors (Lipinski definition) is 4. The molecule has 0 saturated carbocycles. The molecule has 2 rings (SSSR count). The molecule has 1 aromatic rings. The van der Waals surface area contributed by atoms with Gasteiger partial charge in [0.1, 0.15) is 0 Å². The van der Waals surface area contributed by atoms with Crippen molar-refractivity contribution in [1.29, 1.82) is 0 Å². The van der Waals surface area contributed by atoms with Crippen molar-refractivity contribution in [2.75, 3.05) is 45.8 Å². The first-order valence-electron chi connectivity index (χ1n) is 7.03. The van der Waals surface area contributed by atoms with Gasteiger partial charge < -0.3 is 0 Å². The molecule has 1 fully saturated rings. The molecule has 0 spiro atoms. The Labute approximate surface area is 128 Å². The summed E-state index contributed by atoms with van der Waals surface area (Å²) < 4.78 is 2.43. The number of rotatable bonds is 1. The Kier molecular flexibility index (Phi) is 7.06. The number of nitrogens with one attached hydrogen (secondary N) is 3. The van der Waals surface area contributed by atoms with E-state index in [-0.39, 0.29) is 0 Å². The first kappa shape index (κ1) is 15.2. The molecule has 3 N–H and O–H groups in total. The minimum atomic E-state index is 0.447. The summed E-state index contributed by atoms with van der Waals surface area (Å²) in [6, 6.07) is 11.2. The monoisotopic (exact) mass is 295 g/mol. The van der Waals surface area contributed by atoms with Crippen LogP contribution in [0.3, 0.4) is 0 Å². The SMILES string of the molecule is [Ti][N]1CCNCCNCCNCC1c1ccccc1. The average Bonchev–Trinajstić information content (AvgIpc) is 2.44. The zero-order valence-electron chi connectivity index (χ0n) is 11.4. The number of nitrogens with zero attached hydrogens (tertiary/aromatic N) is 1. The molecule has 5 heteroatoms. The number of benzene rings is 1. The van der Waals surface area contributed by atoms with E-state index >= 15 is 0 Å². The first-order chi connectivity index (χ1) is 9.38.